The first kappa shape index (κ1) is 13.1. The Kier molecular flexibility index (Phi) is 2.61. The van der Waals surface area contributed by atoms with Crippen LogP contribution >= 0.6 is 0 Å². The van der Waals surface area contributed by atoms with Crippen LogP contribution in [0.1, 0.15) is 0 Å². The van der Waals surface area contributed by atoms with Gasteiger partial charge in [-0.1, -0.05) is 12.1 Å². The molecule has 0 aliphatic rings. The number of rotatable bonds is 2. The van der Waals surface area contributed by atoms with Crippen molar-refractivity contribution in [1.29, 1.82) is 0 Å². The molecule has 0 N–H and O–H groups in total. The highest BCUT2D eigenvalue weighted by atomic mass is 16.3. The summed E-state index contributed by atoms with van der Waals surface area (Å²) >= 11 is 0. The number of fused-ring (bicyclic) bond motifs is 2. The fourth-order valence-electron chi connectivity index (χ4n) is 2.97. The van der Waals surface area contributed by atoms with Crippen molar-refractivity contribution in [2.45, 2.75) is 0 Å². The predicted molar refractivity (Wildman–Crippen MR) is 90.8 cm³/mol. The molecule has 0 fully saturated rings. The van der Waals surface area contributed by atoms with Gasteiger partial charge in [0.15, 0.2) is 0 Å². The van der Waals surface area contributed by atoms with Crippen molar-refractivity contribution >= 4 is 22.1 Å². The maximum atomic E-state index is 5.24. The molecule has 6 nitrogen and oxygen atoms in total. The lowest BCUT2D eigenvalue weighted by atomic mass is 10.2. The summed E-state index contributed by atoms with van der Waals surface area (Å²) < 4.78 is 9.14. The van der Waals surface area contributed by atoms with E-state index in [4.69, 9.17) is 14.4 Å². The van der Waals surface area contributed by atoms with Crippen molar-refractivity contribution in [3.63, 3.8) is 0 Å². The first-order valence-corrected chi connectivity index (χ1v) is 7.59. The van der Waals surface area contributed by atoms with E-state index < -0.39 is 0 Å². The molecule has 1 aromatic carbocycles. The van der Waals surface area contributed by atoms with Crippen molar-refractivity contribution in [2.75, 3.05) is 0 Å². The minimum Gasteiger partial charge on any atom is -0.472 e. The molecule has 0 bridgehead atoms. The minimum atomic E-state index is 0.592. The van der Waals surface area contributed by atoms with Gasteiger partial charge in [-0.05, 0) is 24.3 Å². The van der Waals surface area contributed by atoms with Crippen LogP contribution < -0.4 is 0 Å². The highest BCUT2D eigenvalue weighted by Crippen LogP contribution is 2.28. The Hall–Kier alpha value is -3.41. The van der Waals surface area contributed by atoms with Crippen LogP contribution in [0.25, 0.3) is 39.3 Å². The molecule has 4 heterocycles. The fourth-order valence-corrected chi connectivity index (χ4v) is 2.97. The van der Waals surface area contributed by atoms with E-state index in [1.54, 1.807) is 18.9 Å². The molecule has 24 heavy (non-hydrogen) atoms. The molecular weight excluding hydrogens is 302 g/mol. The van der Waals surface area contributed by atoms with Gasteiger partial charge in [-0.15, -0.1) is 0 Å². The van der Waals surface area contributed by atoms with Gasteiger partial charge in [-0.25, -0.2) is 9.97 Å². The molecule has 6 heteroatoms. The number of benzene rings is 1. The Balaban J connectivity index is 1.85. The van der Waals surface area contributed by atoms with Crippen LogP contribution in [0.15, 0.2) is 65.9 Å². The Bertz CT molecular complexity index is 1170. The first-order valence-electron chi connectivity index (χ1n) is 7.59. The third-order valence-corrected chi connectivity index (χ3v) is 4.18. The lowest BCUT2D eigenvalue weighted by Crippen LogP contribution is -2.03. The fraction of sp³-hybridized carbons (Fsp3) is 0.0556. The van der Waals surface area contributed by atoms with Crippen molar-refractivity contribution in [3.8, 4) is 17.2 Å². The van der Waals surface area contributed by atoms with Crippen molar-refractivity contribution in [1.82, 2.24) is 24.1 Å². The molecule has 4 aromatic heterocycles. The average Bonchev–Trinajstić information content (AvgIpc) is 3.34. The van der Waals surface area contributed by atoms with E-state index in [0.717, 1.165) is 33.3 Å². The molecule has 5 aromatic rings. The Morgan fingerprint density at radius 1 is 1.04 bits per heavy atom. The molecule has 0 atom stereocenters. The van der Waals surface area contributed by atoms with Crippen LogP contribution in [0.4, 0.5) is 0 Å². The molecule has 116 valence electrons. The van der Waals surface area contributed by atoms with Gasteiger partial charge in [0.1, 0.15) is 12.0 Å². The zero-order chi connectivity index (χ0) is 16.1. The number of aromatic nitrogens is 5. The zero-order valence-corrected chi connectivity index (χ0v) is 12.9. The summed E-state index contributed by atoms with van der Waals surface area (Å²) in [6.45, 7) is 0. The monoisotopic (exact) mass is 315 g/mol. The van der Waals surface area contributed by atoms with Crippen molar-refractivity contribution in [2.24, 2.45) is 7.05 Å². The summed E-state index contributed by atoms with van der Waals surface area (Å²) in [6, 6.07) is 11.9. The largest absolute Gasteiger partial charge is 0.472 e. The van der Waals surface area contributed by atoms with E-state index in [1.807, 2.05) is 58.8 Å². The molecule has 0 aliphatic heterocycles. The summed E-state index contributed by atoms with van der Waals surface area (Å²) in [5.41, 5.74) is 4.54. The summed E-state index contributed by atoms with van der Waals surface area (Å²) in [7, 11) is 1.98. The Labute approximate surface area is 137 Å². The van der Waals surface area contributed by atoms with Crippen LogP contribution in [0.3, 0.4) is 0 Å². The molecule has 0 saturated heterocycles. The van der Waals surface area contributed by atoms with Crippen molar-refractivity contribution in [3.05, 3.63) is 61.4 Å². The molecule has 0 spiro atoms. The van der Waals surface area contributed by atoms with Crippen LogP contribution in [-0.4, -0.2) is 24.1 Å². The van der Waals surface area contributed by atoms with E-state index in [0.29, 0.717) is 5.95 Å². The second kappa shape index (κ2) is 4.79. The summed E-state index contributed by atoms with van der Waals surface area (Å²) in [5, 5.41) is 0.993. The topological polar surface area (TPSA) is 61.7 Å². The third kappa shape index (κ3) is 1.80. The zero-order valence-electron chi connectivity index (χ0n) is 12.9. The molecule has 0 aliphatic carbocycles. The molecule has 0 radical (unpaired) electrons. The van der Waals surface area contributed by atoms with Crippen LogP contribution in [-0.2, 0) is 7.05 Å². The average molecular weight is 315 g/mol. The number of hydrogen-bond acceptors (Lipinski definition) is 4. The van der Waals surface area contributed by atoms with Gasteiger partial charge in [0.25, 0.3) is 0 Å². The van der Waals surface area contributed by atoms with Gasteiger partial charge in [-0.2, -0.15) is 4.98 Å². The molecule has 5 rings (SSSR count). The van der Waals surface area contributed by atoms with E-state index in [9.17, 15) is 0 Å². The minimum absolute atomic E-state index is 0.592. The van der Waals surface area contributed by atoms with Gasteiger partial charge in [0.2, 0.25) is 5.95 Å². The Morgan fingerprint density at radius 2 is 1.96 bits per heavy atom. The van der Waals surface area contributed by atoms with Gasteiger partial charge in [-0.3, -0.25) is 4.57 Å². The summed E-state index contributed by atoms with van der Waals surface area (Å²) in [6.07, 6.45) is 7.09. The number of hydrogen-bond donors (Lipinski definition) is 0. The quantitative estimate of drug-likeness (QED) is 0.499. The second-order valence-electron chi connectivity index (χ2n) is 5.65. The number of imidazole rings is 1. The normalized spacial score (nSPS) is 11.5. The summed E-state index contributed by atoms with van der Waals surface area (Å²) in [4.78, 5) is 14.0. The number of nitrogens with zero attached hydrogens (tertiary/aromatic N) is 5. The van der Waals surface area contributed by atoms with Crippen LogP contribution in [0.2, 0.25) is 0 Å². The highest BCUT2D eigenvalue weighted by molar-refractivity contribution is 5.91. The Morgan fingerprint density at radius 3 is 2.83 bits per heavy atom. The van der Waals surface area contributed by atoms with E-state index >= 15 is 0 Å². The molecule has 0 saturated carbocycles. The van der Waals surface area contributed by atoms with E-state index in [2.05, 4.69) is 4.98 Å². The van der Waals surface area contributed by atoms with Crippen LogP contribution in [0.5, 0.6) is 0 Å². The van der Waals surface area contributed by atoms with Gasteiger partial charge in [0, 0.05) is 24.2 Å². The lowest BCUT2D eigenvalue weighted by molar-refractivity contribution is 0.568. The first-order chi connectivity index (χ1) is 11.8. The number of furan rings is 1. The van der Waals surface area contributed by atoms with Gasteiger partial charge >= 0.3 is 0 Å². The summed E-state index contributed by atoms with van der Waals surface area (Å²) in [5.74, 6) is 0.592. The highest BCUT2D eigenvalue weighted by Gasteiger charge is 2.15. The molecular formula is C18H13N5O. The maximum absolute atomic E-state index is 5.24. The predicted octanol–water partition coefficient (Wildman–Crippen LogP) is 3.57. The SMILES string of the molecule is Cn1ccc2c(-c3ccoc3)nc(-n3cnc4ccccc43)nc21. The molecule has 0 amide bonds. The third-order valence-electron chi connectivity index (χ3n) is 4.18. The van der Waals surface area contributed by atoms with E-state index in [1.165, 1.54) is 0 Å². The van der Waals surface area contributed by atoms with Crippen LogP contribution in [0, 0.1) is 0 Å². The van der Waals surface area contributed by atoms with Crippen molar-refractivity contribution < 1.29 is 4.42 Å². The second-order valence-corrected chi connectivity index (χ2v) is 5.65. The lowest BCUT2D eigenvalue weighted by Gasteiger charge is -2.07. The molecule has 0 unspecified atom stereocenters. The number of para-hydroxylation sites is 2. The van der Waals surface area contributed by atoms with E-state index in [-0.39, 0.29) is 0 Å². The number of aryl methyl sites for hydroxylation is 1. The standard InChI is InChI=1S/C18H13N5O/c1-22-8-6-13-16(12-7-9-24-10-12)20-18(21-17(13)22)23-11-19-14-4-2-3-5-15(14)23/h2-11H,1H3. The van der Waals surface area contributed by atoms with Gasteiger partial charge < -0.3 is 8.98 Å². The maximum Gasteiger partial charge on any atom is 0.238 e. The smallest absolute Gasteiger partial charge is 0.238 e. The van der Waals surface area contributed by atoms with Gasteiger partial charge in [0.05, 0.1) is 29.3 Å².